The second-order valence-electron chi connectivity index (χ2n) is 7.55. The lowest BCUT2D eigenvalue weighted by molar-refractivity contribution is -0.123. The third-order valence-corrected chi connectivity index (χ3v) is 5.71. The van der Waals surface area contributed by atoms with Gasteiger partial charge in [-0.2, -0.15) is 0 Å². The Morgan fingerprint density at radius 1 is 1.03 bits per heavy atom. The zero-order chi connectivity index (χ0) is 21.8. The highest BCUT2D eigenvalue weighted by molar-refractivity contribution is 6.30. The van der Waals surface area contributed by atoms with Crippen molar-refractivity contribution in [3.63, 3.8) is 0 Å². The number of para-hydroxylation sites is 1. The molecule has 0 saturated heterocycles. The van der Waals surface area contributed by atoms with Crippen LogP contribution < -0.4 is 10.2 Å². The fourth-order valence-electron chi connectivity index (χ4n) is 3.94. The van der Waals surface area contributed by atoms with E-state index < -0.39 is 17.8 Å². The predicted molar refractivity (Wildman–Crippen MR) is 117 cm³/mol. The summed E-state index contributed by atoms with van der Waals surface area (Å²) in [6, 6.07) is 14.5. The van der Waals surface area contributed by atoms with E-state index in [9.17, 15) is 14.0 Å². The smallest absolute Gasteiger partial charge is 0.295 e. The molecule has 5 nitrogen and oxygen atoms in total. The molecular formula is C24H22ClFN2O3. The number of nitrogens with one attached hydrogen (secondary N) is 1. The van der Waals surface area contributed by atoms with Crippen molar-refractivity contribution in [1.82, 2.24) is 5.32 Å². The number of carbonyl (C=O) groups is 2. The first-order valence-electron chi connectivity index (χ1n) is 10.2. The summed E-state index contributed by atoms with van der Waals surface area (Å²) in [5.41, 5.74) is 0.508. The summed E-state index contributed by atoms with van der Waals surface area (Å²) >= 11 is 6.04. The molecule has 3 aromatic rings. The van der Waals surface area contributed by atoms with Gasteiger partial charge in [-0.1, -0.05) is 48.7 Å². The number of nitrogens with zero attached hydrogens (tertiary/aromatic N) is 1. The van der Waals surface area contributed by atoms with Crippen molar-refractivity contribution >= 4 is 29.1 Å². The first kappa shape index (κ1) is 21.1. The minimum atomic E-state index is -1.10. The number of hydrogen-bond acceptors (Lipinski definition) is 3. The average Bonchev–Trinajstić information content (AvgIpc) is 3.47. The number of furan rings is 1. The Kier molecular flexibility index (Phi) is 6.37. The van der Waals surface area contributed by atoms with E-state index in [-0.39, 0.29) is 23.4 Å². The van der Waals surface area contributed by atoms with Gasteiger partial charge in [0.25, 0.3) is 5.91 Å². The van der Waals surface area contributed by atoms with Crippen LogP contribution in [0.3, 0.4) is 0 Å². The Balaban J connectivity index is 1.82. The summed E-state index contributed by atoms with van der Waals surface area (Å²) in [5.74, 6) is -1.60. The molecule has 2 amide bonds. The van der Waals surface area contributed by atoms with Gasteiger partial charge >= 0.3 is 0 Å². The molecule has 160 valence electrons. The van der Waals surface area contributed by atoms with Crippen molar-refractivity contribution < 1.29 is 18.4 Å². The second kappa shape index (κ2) is 9.35. The van der Waals surface area contributed by atoms with Crippen LogP contribution in [0.25, 0.3) is 0 Å². The van der Waals surface area contributed by atoms with Crippen LogP contribution in [0.5, 0.6) is 0 Å². The van der Waals surface area contributed by atoms with Crippen molar-refractivity contribution in [2.24, 2.45) is 0 Å². The molecule has 4 rings (SSSR count). The summed E-state index contributed by atoms with van der Waals surface area (Å²) < 4.78 is 20.2. The maximum atomic E-state index is 14.9. The number of benzene rings is 2. The number of amides is 2. The van der Waals surface area contributed by atoms with Gasteiger partial charge in [0.2, 0.25) is 5.91 Å². The molecule has 0 aliphatic heterocycles. The van der Waals surface area contributed by atoms with E-state index in [2.05, 4.69) is 5.32 Å². The van der Waals surface area contributed by atoms with E-state index in [0.29, 0.717) is 10.6 Å². The van der Waals surface area contributed by atoms with Gasteiger partial charge in [0.05, 0.1) is 12.0 Å². The van der Waals surface area contributed by atoms with Crippen LogP contribution in [0.4, 0.5) is 10.1 Å². The van der Waals surface area contributed by atoms with Crippen molar-refractivity contribution in [3.8, 4) is 0 Å². The van der Waals surface area contributed by atoms with Gasteiger partial charge in [-0.25, -0.2) is 4.39 Å². The van der Waals surface area contributed by atoms with E-state index in [1.807, 2.05) is 0 Å². The van der Waals surface area contributed by atoms with Crippen LogP contribution in [0, 0.1) is 5.82 Å². The highest BCUT2D eigenvalue weighted by Crippen LogP contribution is 2.33. The summed E-state index contributed by atoms with van der Waals surface area (Å²) in [4.78, 5) is 28.1. The lowest BCUT2D eigenvalue weighted by atomic mass is 10.0. The number of anilines is 1. The Morgan fingerprint density at radius 2 is 1.74 bits per heavy atom. The SMILES string of the molecule is O=C(NC1CCCC1)[C@@H](c1ccc(Cl)cc1)N(C(=O)c1ccco1)c1ccccc1F. The number of hydrogen-bond donors (Lipinski definition) is 1. The molecule has 1 atom stereocenters. The molecule has 1 aromatic heterocycles. The fourth-order valence-corrected chi connectivity index (χ4v) is 4.07. The molecule has 7 heteroatoms. The lowest BCUT2D eigenvalue weighted by Crippen LogP contribution is -2.46. The van der Waals surface area contributed by atoms with Crippen molar-refractivity contribution in [2.45, 2.75) is 37.8 Å². The molecule has 1 aliphatic carbocycles. The molecule has 0 spiro atoms. The van der Waals surface area contributed by atoms with Crippen LogP contribution in [0.15, 0.2) is 71.3 Å². The highest BCUT2D eigenvalue weighted by atomic mass is 35.5. The summed E-state index contributed by atoms with van der Waals surface area (Å²) in [6.07, 6.45) is 5.20. The summed E-state index contributed by atoms with van der Waals surface area (Å²) in [7, 11) is 0. The van der Waals surface area contributed by atoms with E-state index >= 15 is 0 Å². The standard InChI is InChI=1S/C24H22ClFN2O3/c25-17-13-11-16(12-14-17)22(23(29)27-18-6-1-2-7-18)28(20-9-4-3-8-19(20)26)24(30)21-10-5-15-31-21/h3-5,8-15,18,22H,1-2,6-7H2,(H,27,29)/t22-/m1/s1. The molecule has 1 N–H and O–H groups in total. The first-order chi connectivity index (χ1) is 15.0. The second-order valence-corrected chi connectivity index (χ2v) is 7.98. The van der Waals surface area contributed by atoms with Gasteiger partial charge in [-0.05, 0) is 54.8 Å². The van der Waals surface area contributed by atoms with Crippen molar-refractivity contribution in [1.29, 1.82) is 0 Å². The molecule has 0 unspecified atom stereocenters. The molecule has 2 aromatic carbocycles. The summed E-state index contributed by atoms with van der Waals surface area (Å²) in [5, 5.41) is 3.54. The molecule has 1 saturated carbocycles. The van der Waals surface area contributed by atoms with Crippen molar-refractivity contribution in [3.05, 3.63) is 89.1 Å². The third-order valence-electron chi connectivity index (χ3n) is 5.46. The topological polar surface area (TPSA) is 62.6 Å². The molecule has 1 heterocycles. The molecule has 0 radical (unpaired) electrons. The Morgan fingerprint density at radius 3 is 2.39 bits per heavy atom. The highest BCUT2D eigenvalue weighted by Gasteiger charge is 2.36. The van der Waals surface area contributed by atoms with Gasteiger partial charge in [0, 0.05) is 11.1 Å². The zero-order valence-corrected chi connectivity index (χ0v) is 17.5. The van der Waals surface area contributed by atoms with Gasteiger partial charge in [0.15, 0.2) is 5.76 Å². The minimum absolute atomic E-state index is 0.00887. The summed E-state index contributed by atoms with van der Waals surface area (Å²) in [6.45, 7) is 0. The quantitative estimate of drug-likeness (QED) is 0.549. The largest absolute Gasteiger partial charge is 0.459 e. The van der Waals surface area contributed by atoms with E-state index in [0.717, 1.165) is 30.6 Å². The van der Waals surface area contributed by atoms with Crippen LogP contribution in [-0.4, -0.2) is 17.9 Å². The zero-order valence-electron chi connectivity index (χ0n) is 16.8. The minimum Gasteiger partial charge on any atom is -0.459 e. The molecule has 1 fully saturated rings. The van der Waals surface area contributed by atoms with Gasteiger partial charge in [-0.3, -0.25) is 14.5 Å². The number of rotatable bonds is 6. The normalized spacial score (nSPS) is 14.9. The van der Waals surface area contributed by atoms with Crippen LogP contribution in [0.1, 0.15) is 47.8 Å². The molecule has 0 bridgehead atoms. The number of halogens is 2. The van der Waals surface area contributed by atoms with Crippen molar-refractivity contribution in [2.75, 3.05) is 4.90 Å². The fraction of sp³-hybridized carbons (Fsp3) is 0.250. The maximum absolute atomic E-state index is 14.9. The predicted octanol–water partition coefficient (Wildman–Crippen LogP) is 5.52. The van der Waals surface area contributed by atoms with Gasteiger partial charge in [0.1, 0.15) is 11.9 Å². The third kappa shape index (κ3) is 4.64. The van der Waals surface area contributed by atoms with Crippen LogP contribution in [-0.2, 0) is 4.79 Å². The van der Waals surface area contributed by atoms with E-state index in [1.54, 1.807) is 36.4 Å². The van der Waals surface area contributed by atoms with E-state index in [1.165, 1.54) is 30.5 Å². The number of carbonyl (C=O) groups excluding carboxylic acids is 2. The maximum Gasteiger partial charge on any atom is 0.295 e. The average molecular weight is 441 g/mol. The Bertz CT molecular complexity index is 1050. The van der Waals surface area contributed by atoms with E-state index in [4.69, 9.17) is 16.0 Å². The van der Waals surface area contributed by atoms with Crippen LogP contribution in [0.2, 0.25) is 5.02 Å². The molecule has 1 aliphatic rings. The van der Waals surface area contributed by atoms with Gasteiger partial charge in [-0.15, -0.1) is 0 Å². The van der Waals surface area contributed by atoms with Gasteiger partial charge < -0.3 is 9.73 Å². The lowest BCUT2D eigenvalue weighted by Gasteiger charge is -2.32. The monoisotopic (exact) mass is 440 g/mol. The first-order valence-corrected chi connectivity index (χ1v) is 10.6. The Hall–Kier alpha value is -3.12. The molecule has 31 heavy (non-hydrogen) atoms. The molecular weight excluding hydrogens is 419 g/mol. The Labute approximate surface area is 184 Å². The van der Waals surface area contributed by atoms with Crippen LogP contribution >= 0.6 is 11.6 Å².